The van der Waals surface area contributed by atoms with Crippen LogP contribution in [-0.2, 0) is 6.54 Å². The molecule has 1 saturated heterocycles. The van der Waals surface area contributed by atoms with E-state index in [2.05, 4.69) is 32.0 Å². The third kappa shape index (κ3) is 3.31. The minimum atomic E-state index is 0.776. The number of thiazole rings is 1. The molecule has 0 aromatic carbocycles. The molecule has 3 atom stereocenters. The minimum absolute atomic E-state index is 0.776. The van der Waals surface area contributed by atoms with Gasteiger partial charge >= 0.3 is 0 Å². The van der Waals surface area contributed by atoms with Gasteiger partial charge in [0.25, 0.3) is 0 Å². The second kappa shape index (κ2) is 7.00. The van der Waals surface area contributed by atoms with Crippen molar-refractivity contribution in [1.82, 2.24) is 20.1 Å². The van der Waals surface area contributed by atoms with E-state index in [9.17, 15) is 0 Å². The van der Waals surface area contributed by atoms with Gasteiger partial charge in [0.1, 0.15) is 5.01 Å². The fourth-order valence-corrected chi connectivity index (χ4v) is 5.62. The fraction of sp³-hybridized carbons (Fsp3) is 0.778. The molecule has 1 aromatic heterocycles. The second-order valence-corrected chi connectivity index (χ2v) is 8.85. The molecule has 2 saturated carbocycles. The van der Waals surface area contributed by atoms with Gasteiger partial charge in [-0.05, 0) is 38.0 Å². The Kier molecular flexibility index (Phi) is 4.77. The van der Waals surface area contributed by atoms with E-state index in [0.29, 0.717) is 0 Å². The van der Waals surface area contributed by atoms with Crippen LogP contribution in [0.4, 0.5) is 0 Å². The average molecular weight is 348 g/mol. The SMILES string of the molecule is CN=C(NCc1ncc(C)s1)N1CCN(C2CC3CCC2C3)CC1. The van der Waals surface area contributed by atoms with Crippen LogP contribution in [0.15, 0.2) is 11.2 Å². The van der Waals surface area contributed by atoms with Gasteiger partial charge in [0.15, 0.2) is 5.96 Å². The highest BCUT2D eigenvalue weighted by Crippen LogP contribution is 2.46. The highest BCUT2D eigenvalue weighted by atomic mass is 32.1. The van der Waals surface area contributed by atoms with Gasteiger partial charge in [0.2, 0.25) is 0 Å². The van der Waals surface area contributed by atoms with E-state index >= 15 is 0 Å². The van der Waals surface area contributed by atoms with Crippen LogP contribution in [-0.4, -0.2) is 60.0 Å². The van der Waals surface area contributed by atoms with Crippen molar-refractivity contribution < 1.29 is 0 Å². The van der Waals surface area contributed by atoms with Crippen molar-refractivity contribution in [1.29, 1.82) is 0 Å². The number of aromatic nitrogens is 1. The van der Waals surface area contributed by atoms with Crippen molar-refractivity contribution in [3.63, 3.8) is 0 Å². The third-order valence-electron chi connectivity index (χ3n) is 6.06. The van der Waals surface area contributed by atoms with Gasteiger partial charge in [-0.2, -0.15) is 0 Å². The molecule has 4 rings (SSSR count). The molecule has 0 radical (unpaired) electrons. The number of nitrogens with one attached hydrogen (secondary N) is 1. The maximum Gasteiger partial charge on any atom is 0.194 e. The van der Waals surface area contributed by atoms with Gasteiger partial charge < -0.3 is 10.2 Å². The Hall–Kier alpha value is -1.14. The van der Waals surface area contributed by atoms with Crippen LogP contribution >= 0.6 is 11.3 Å². The van der Waals surface area contributed by atoms with Gasteiger partial charge in [-0.3, -0.25) is 9.89 Å². The summed E-state index contributed by atoms with van der Waals surface area (Å²) < 4.78 is 0. The average Bonchev–Trinajstić information content (AvgIpc) is 3.33. The van der Waals surface area contributed by atoms with E-state index in [1.165, 1.54) is 43.6 Å². The molecule has 6 heteroatoms. The third-order valence-corrected chi connectivity index (χ3v) is 6.98. The van der Waals surface area contributed by atoms with Gasteiger partial charge in [-0.15, -0.1) is 11.3 Å². The van der Waals surface area contributed by atoms with Crippen LogP contribution in [0, 0.1) is 18.8 Å². The van der Waals surface area contributed by atoms with Gasteiger partial charge in [-0.1, -0.05) is 6.42 Å². The van der Waals surface area contributed by atoms with E-state index in [4.69, 9.17) is 0 Å². The molecule has 1 aromatic rings. The Morgan fingerprint density at radius 1 is 1.29 bits per heavy atom. The largest absolute Gasteiger partial charge is 0.350 e. The summed E-state index contributed by atoms with van der Waals surface area (Å²) in [4.78, 5) is 15.3. The summed E-state index contributed by atoms with van der Waals surface area (Å²) in [6, 6.07) is 0.874. The number of hydrogen-bond donors (Lipinski definition) is 1. The Labute approximate surface area is 149 Å². The molecule has 0 spiro atoms. The number of nitrogens with zero attached hydrogens (tertiary/aromatic N) is 4. The number of guanidine groups is 1. The molecule has 1 N–H and O–H groups in total. The molecule has 24 heavy (non-hydrogen) atoms. The second-order valence-electron chi connectivity index (χ2n) is 7.53. The molecule has 1 aliphatic heterocycles. The van der Waals surface area contributed by atoms with Gasteiger partial charge in [0, 0.05) is 50.3 Å². The Morgan fingerprint density at radius 3 is 2.71 bits per heavy atom. The van der Waals surface area contributed by atoms with E-state index in [1.807, 2.05) is 13.2 Å². The molecule has 2 bridgehead atoms. The van der Waals surface area contributed by atoms with E-state index < -0.39 is 0 Å². The summed E-state index contributed by atoms with van der Waals surface area (Å²) in [7, 11) is 1.89. The van der Waals surface area contributed by atoms with Crippen LogP contribution in [0.25, 0.3) is 0 Å². The molecule has 0 amide bonds. The maximum absolute atomic E-state index is 4.48. The molecule has 132 valence electrons. The molecule has 3 aliphatic rings. The Morgan fingerprint density at radius 2 is 2.12 bits per heavy atom. The Bertz CT molecular complexity index is 590. The standard InChI is InChI=1S/C18H29N5S/c1-13-11-20-17(24-13)12-21-18(19-2)23-7-5-22(6-8-23)16-10-14-3-4-15(16)9-14/h11,14-16H,3-10,12H2,1-2H3,(H,19,21). The lowest BCUT2D eigenvalue weighted by Gasteiger charge is -2.41. The smallest absolute Gasteiger partial charge is 0.194 e. The number of rotatable bonds is 3. The quantitative estimate of drug-likeness (QED) is 0.673. The highest BCUT2D eigenvalue weighted by molar-refractivity contribution is 7.11. The number of aliphatic imine (C=N–C) groups is 1. The van der Waals surface area contributed by atoms with Crippen LogP contribution < -0.4 is 5.32 Å². The number of piperazine rings is 1. The Balaban J connectivity index is 1.28. The summed E-state index contributed by atoms with van der Waals surface area (Å²) in [6.07, 6.45) is 7.88. The van der Waals surface area contributed by atoms with E-state index in [-0.39, 0.29) is 0 Å². The zero-order valence-corrected chi connectivity index (χ0v) is 15.7. The molecule has 3 unspecified atom stereocenters. The van der Waals surface area contributed by atoms with Crippen molar-refractivity contribution >= 4 is 17.3 Å². The molecule has 2 heterocycles. The lowest BCUT2D eigenvalue weighted by molar-refractivity contribution is 0.0958. The van der Waals surface area contributed by atoms with Crippen molar-refractivity contribution in [3.8, 4) is 0 Å². The summed E-state index contributed by atoms with van der Waals surface area (Å²) in [5, 5.41) is 4.62. The first-order valence-electron chi connectivity index (χ1n) is 9.34. The van der Waals surface area contributed by atoms with Gasteiger partial charge in [-0.25, -0.2) is 4.98 Å². The molecule has 3 fully saturated rings. The summed E-state index contributed by atoms with van der Waals surface area (Å²) >= 11 is 1.76. The summed E-state index contributed by atoms with van der Waals surface area (Å²) in [6.45, 7) is 7.42. The molecule has 5 nitrogen and oxygen atoms in total. The van der Waals surface area contributed by atoms with Crippen molar-refractivity contribution in [2.75, 3.05) is 33.2 Å². The number of aryl methyl sites for hydroxylation is 1. The van der Waals surface area contributed by atoms with Crippen LogP contribution in [0.1, 0.15) is 35.6 Å². The lowest BCUT2D eigenvalue weighted by atomic mass is 9.93. The molecular formula is C18H29N5S. The number of hydrogen-bond acceptors (Lipinski definition) is 4. The molecule has 2 aliphatic carbocycles. The first kappa shape index (κ1) is 16.3. The van der Waals surface area contributed by atoms with Crippen molar-refractivity contribution in [3.05, 3.63) is 16.1 Å². The van der Waals surface area contributed by atoms with E-state index in [0.717, 1.165) is 48.5 Å². The number of fused-ring (bicyclic) bond motifs is 2. The van der Waals surface area contributed by atoms with Crippen LogP contribution in [0.2, 0.25) is 0 Å². The van der Waals surface area contributed by atoms with Crippen LogP contribution in [0.5, 0.6) is 0 Å². The maximum atomic E-state index is 4.48. The predicted octanol–water partition coefficient (Wildman–Crippen LogP) is 2.33. The van der Waals surface area contributed by atoms with Crippen molar-refractivity contribution in [2.45, 2.75) is 45.2 Å². The highest BCUT2D eigenvalue weighted by Gasteiger charge is 2.42. The first-order chi connectivity index (χ1) is 11.7. The summed E-state index contributed by atoms with van der Waals surface area (Å²) in [5.41, 5.74) is 0. The van der Waals surface area contributed by atoms with E-state index in [1.54, 1.807) is 11.3 Å². The fourth-order valence-electron chi connectivity index (χ4n) is 4.89. The predicted molar refractivity (Wildman–Crippen MR) is 99.4 cm³/mol. The van der Waals surface area contributed by atoms with Gasteiger partial charge in [0.05, 0.1) is 6.54 Å². The zero-order chi connectivity index (χ0) is 16.5. The first-order valence-corrected chi connectivity index (χ1v) is 10.2. The topological polar surface area (TPSA) is 43.8 Å². The minimum Gasteiger partial charge on any atom is -0.350 e. The summed E-state index contributed by atoms with van der Waals surface area (Å²) in [5.74, 6) is 3.05. The van der Waals surface area contributed by atoms with Crippen molar-refractivity contribution in [2.24, 2.45) is 16.8 Å². The van der Waals surface area contributed by atoms with Crippen LogP contribution in [0.3, 0.4) is 0 Å². The normalized spacial score (nSPS) is 31.0. The zero-order valence-electron chi connectivity index (χ0n) is 14.9. The lowest BCUT2D eigenvalue weighted by Crippen LogP contribution is -2.55. The monoisotopic (exact) mass is 347 g/mol. The molecular weight excluding hydrogens is 318 g/mol.